The van der Waals surface area contributed by atoms with Crippen LogP contribution >= 0.6 is 24.0 Å². The van der Waals surface area contributed by atoms with Gasteiger partial charge in [0.1, 0.15) is 5.82 Å². The third-order valence-corrected chi connectivity index (χ3v) is 4.87. The molecule has 2 aromatic rings. The zero-order chi connectivity index (χ0) is 19.1. The maximum atomic E-state index is 13.0. The molecule has 0 spiro atoms. The Morgan fingerprint density at radius 1 is 1.25 bits per heavy atom. The minimum absolute atomic E-state index is 0. The average molecular weight is 500 g/mol. The molecule has 154 valence electrons. The van der Waals surface area contributed by atoms with Crippen molar-refractivity contribution < 1.29 is 4.39 Å². The number of aryl methyl sites for hydroxylation is 1. The number of aliphatic imine (C=N–C) groups is 1. The summed E-state index contributed by atoms with van der Waals surface area (Å²) in [7, 11) is 1.80. The van der Waals surface area contributed by atoms with E-state index in [1.54, 1.807) is 7.05 Å². The first-order chi connectivity index (χ1) is 13.1. The Balaban J connectivity index is 0.00000280. The number of likely N-dealkylation sites (tertiary alicyclic amines) is 1. The lowest BCUT2D eigenvalue weighted by molar-refractivity contribution is 0.198. The molecule has 1 aliphatic heterocycles. The van der Waals surface area contributed by atoms with Crippen molar-refractivity contribution in [2.45, 2.75) is 38.9 Å². The van der Waals surface area contributed by atoms with Gasteiger partial charge in [-0.05, 0) is 43.0 Å². The molecule has 1 fully saturated rings. The molecule has 6 nitrogen and oxygen atoms in total. The zero-order valence-corrected chi connectivity index (χ0v) is 18.9. The molecule has 2 N–H and O–H groups in total. The van der Waals surface area contributed by atoms with Gasteiger partial charge >= 0.3 is 0 Å². The minimum atomic E-state index is -0.178. The summed E-state index contributed by atoms with van der Waals surface area (Å²) < 4.78 is 14.9. The summed E-state index contributed by atoms with van der Waals surface area (Å²) in [5.41, 5.74) is 2.33. The summed E-state index contributed by atoms with van der Waals surface area (Å²) in [6, 6.07) is 7.22. The van der Waals surface area contributed by atoms with E-state index in [0.29, 0.717) is 6.04 Å². The number of rotatable bonds is 6. The van der Waals surface area contributed by atoms with Gasteiger partial charge in [0.05, 0.1) is 12.7 Å². The van der Waals surface area contributed by atoms with Gasteiger partial charge in [0.25, 0.3) is 0 Å². The number of halogens is 2. The average Bonchev–Trinajstić information content (AvgIpc) is 3.09. The molecule has 0 unspecified atom stereocenters. The van der Waals surface area contributed by atoms with E-state index in [1.807, 2.05) is 36.1 Å². The smallest absolute Gasteiger partial charge is 0.191 e. The van der Waals surface area contributed by atoms with Crippen LogP contribution in [0.15, 0.2) is 41.7 Å². The van der Waals surface area contributed by atoms with Crippen LogP contribution in [0.25, 0.3) is 0 Å². The maximum absolute atomic E-state index is 13.0. The molecule has 1 saturated heterocycles. The molecular formula is C20H30FIN6. The third-order valence-electron chi connectivity index (χ3n) is 4.87. The fourth-order valence-corrected chi connectivity index (χ4v) is 3.35. The number of aromatic nitrogens is 2. The first-order valence-corrected chi connectivity index (χ1v) is 9.55. The first-order valence-electron chi connectivity index (χ1n) is 9.55. The highest BCUT2D eigenvalue weighted by Crippen LogP contribution is 2.14. The van der Waals surface area contributed by atoms with Crippen molar-refractivity contribution in [1.82, 2.24) is 25.3 Å². The number of piperidine rings is 1. The highest BCUT2D eigenvalue weighted by molar-refractivity contribution is 14.0. The molecule has 0 aliphatic carbocycles. The Hall–Kier alpha value is -1.68. The van der Waals surface area contributed by atoms with Crippen LogP contribution in [-0.2, 0) is 13.1 Å². The van der Waals surface area contributed by atoms with Crippen molar-refractivity contribution in [3.8, 4) is 0 Å². The van der Waals surface area contributed by atoms with Gasteiger partial charge < -0.3 is 10.6 Å². The lowest BCUT2D eigenvalue weighted by Gasteiger charge is -2.33. The Morgan fingerprint density at radius 3 is 2.57 bits per heavy atom. The molecular weight excluding hydrogens is 470 g/mol. The number of hydrogen-bond donors (Lipinski definition) is 2. The molecule has 0 amide bonds. The highest BCUT2D eigenvalue weighted by Gasteiger charge is 2.20. The molecule has 8 heteroatoms. The molecule has 0 atom stereocenters. The second-order valence-corrected chi connectivity index (χ2v) is 7.10. The second-order valence-electron chi connectivity index (χ2n) is 7.10. The lowest BCUT2D eigenvalue weighted by Crippen LogP contribution is -2.49. The monoisotopic (exact) mass is 500 g/mol. The summed E-state index contributed by atoms with van der Waals surface area (Å²) in [6.45, 7) is 6.56. The van der Waals surface area contributed by atoms with Crippen molar-refractivity contribution in [3.63, 3.8) is 0 Å². The lowest BCUT2D eigenvalue weighted by atomic mass is 10.0. The topological polar surface area (TPSA) is 57.5 Å². The van der Waals surface area contributed by atoms with Crippen LogP contribution in [0.2, 0.25) is 0 Å². The van der Waals surface area contributed by atoms with Crippen molar-refractivity contribution in [2.24, 2.45) is 4.99 Å². The summed E-state index contributed by atoms with van der Waals surface area (Å²) >= 11 is 0. The molecule has 0 bridgehead atoms. The van der Waals surface area contributed by atoms with Crippen LogP contribution in [0, 0.1) is 12.7 Å². The predicted molar refractivity (Wildman–Crippen MR) is 122 cm³/mol. The van der Waals surface area contributed by atoms with E-state index in [4.69, 9.17) is 0 Å². The van der Waals surface area contributed by atoms with Crippen molar-refractivity contribution in [1.29, 1.82) is 0 Å². The van der Waals surface area contributed by atoms with E-state index in [-0.39, 0.29) is 29.8 Å². The van der Waals surface area contributed by atoms with Gasteiger partial charge in [-0.1, -0.05) is 12.1 Å². The van der Waals surface area contributed by atoms with Crippen LogP contribution in [0.4, 0.5) is 4.39 Å². The van der Waals surface area contributed by atoms with Gasteiger partial charge in [0.2, 0.25) is 0 Å². The van der Waals surface area contributed by atoms with E-state index in [9.17, 15) is 4.39 Å². The molecule has 1 aromatic heterocycles. The Morgan fingerprint density at radius 2 is 1.96 bits per heavy atom. The van der Waals surface area contributed by atoms with Gasteiger partial charge in [0.15, 0.2) is 5.96 Å². The number of nitrogens with one attached hydrogen (secondary N) is 2. The minimum Gasteiger partial charge on any atom is -0.355 e. The van der Waals surface area contributed by atoms with E-state index in [0.717, 1.165) is 57.1 Å². The summed E-state index contributed by atoms with van der Waals surface area (Å²) in [4.78, 5) is 6.75. The number of nitrogens with zero attached hydrogens (tertiary/aromatic N) is 4. The van der Waals surface area contributed by atoms with Crippen LogP contribution in [0.5, 0.6) is 0 Å². The van der Waals surface area contributed by atoms with Gasteiger partial charge in [-0.25, -0.2) is 4.39 Å². The Labute approximate surface area is 183 Å². The number of hydrogen-bond acceptors (Lipinski definition) is 3. The Bertz CT molecular complexity index is 737. The van der Waals surface area contributed by atoms with Crippen LogP contribution in [0.1, 0.15) is 24.0 Å². The van der Waals surface area contributed by atoms with Crippen LogP contribution < -0.4 is 10.6 Å². The molecule has 1 aromatic carbocycles. The normalized spacial score (nSPS) is 15.9. The number of benzene rings is 1. The van der Waals surface area contributed by atoms with Gasteiger partial charge in [-0.15, -0.1) is 24.0 Å². The fraction of sp³-hybridized carbons (Fsp3) is 0.500. The molecule has 2 heterocycles. The molecule has 0 radical (unpaired) electrons. The standard InChI is InChI=1S/C20H29FN6.HI/c1-16-13-24-27(14-16)12-9-23-20(22-2)25-19-7-10-26(11-8-19)15-17-3-5-18(21)6-4-17;/h3-6,13-14,19H,7-12,15H2,1-2H3,(H2,22,23,25);1H. The molecule has 1 aliphatic rings. The van der Waals surface area contributed by atoms with Gasteiger partial charge in [-0.2, -0.15) is 5.10 Å². The van der Waals surface area contributed by atoms with Gasteiger partial charge in [-0.3, -0.25) is 14.6 Å². The predicted octanol–water partition coefficient (Wildman–Crippen LogP) is 2.78. The quantitative estimate of drug-likeness (QED) is 0.364. The highest BCUT2D eigenvalue weighted by atomic mass is 127. The van der Waals surface area contributed by atoms with E-state index >= 15 is 0 Å². The van der Waals surface area contributed by atoms with Crippen molar-refractivity contribution >= 4 is 29.9 Å². The second kappa shape index (κ2) is 11.4. The fourth-order valence-electron chi connectivity index (χ4n) is 3.35. The van der Waals surface area contributed by atoms with Crippen molar-refractivity contribution in [3.05, 3.63) is 53.6 Å². The molecule has 28 heavy (non-hydrogen) atoms. The van der Waals surface area contributed by atoms with E-state index in [2.05, 4.69) is 25.6 Å². The van der Waals surface area contributed by atoms with Gasteiger partial charge in [0, 0.05) is 45.5 Å². The SMILES string of the molecule is CN=C(NCCn1cc(C)cn1)NC1CCN(Cc2ccc(F)cc2)CC1.I. The first kappa shape index (κ1) is 22.6. The van der Waals surface area contributed by atoms with Crippen LogP contribution in [-0.4, -0.2) is 53.4 Å². The largest absolute Gasteiger partial charge is 0.355 e. The van der Waals surface area contributed by atoms with E-state index < -0.39 is 0 Å². The Kier molecular flexibility index (Phi) is 9.17. The van der Waals surface area contributed by atoms with Crippen LogP contribution in [0.3, 0.4) is 0 Å². The van der Waals surface area contributed by atoms with E-state index in [1.165, 1.54) is 17.7 Å². The summed E-state index contributed by atoms with van der Waals surface area (Å²) in [6.07, 6.45) is 6.04. The maximum Gasteiger partial charge on any atom is 0.191 e. The van der Waals surface area contributed by atoms with Crippen molar-refractivity contribution in [2.75, 3.05) is 26.7 Å². The third kappa shape index (κ3) is 7.05. The number of guanidine groups is 1. The molecule has 0 saturated carbocycles. The summed E-state index contributed by atoms with van der Waals surface area (Å²) in [5.74, 6) is 0.666. The zero-order valence-electron chi connectivity index (χ0n) is 16.6. The summed E-state index contributed by atoms with van der Waals surface area (Å²) in [5, 5.41) is 11.2. The molecule has 3 rings (SSSR count).